The predicted octanol–water partition coefficient (Wildman–Crippen LogP) is 0.268. The van der Waals surface area contributed by atoms with Crippen LogP contribution in [0.5, 0.6) is 0 Å². The molecule has 0 aliphatic heterocycles. The lowest BCUT2D eigenvalue weighted by atomic mass is 10.1. The number of aliphatic hydroxyl groups is 1. The molecule has 0 aromatic carbocycles. The number of aliphatic hydroxyl groups excluding tert-OH is 1. The van der Waals surface area contributed by atoms with E-state index >= 15 is 0 Å². The highest BCUT2D eigenvalue weighted by Gasteiger charge is 2.24. The normalized spacial score (nSPS) is 16.6. The molecule has 0 saturated heterocycles. The van der Waals surface area contributed by atoms with Gasteiger partial charge >= 0.3 is 11.9 Å². The average molecular weight is 222 g/mol. The lowest BCUT2D eigenvalue weighted by molar-refractivity contribution is -0.165. The summed E-state index contributed by atoms with van der Waals surface area (Å²) >= 11 is 0. The van der Waals surface area contributed by atoms with Crippen LogP contribution in [0.15, 0.2) is 0 Å². The molecular weight excluding hydrogens is 207 g/mol. The fourth-order valence-electron chi connectivity index (χ4n) is 0.622. The van der Waals surface area contributed by atoms with Gasteiger partial charge in [0.05, 0.1) is 21.5 Å². The van der Waals surface area contributed by atoms with Crippen molar-refractivity contribution in [3.05, 3.63) is 0 Å². The molecular formula is C8H15O5P. The molecule has 0 aliphatic rings. The Hall–Kier alpha value is -0.670. The average Bonchev–Trinajstić information content (AvgIpc) is 2.14. The topological polar surface area (TPSA) is 72.8 Å². The zero-order valence-corrected chi connectivity index (χ0v) is 9.54. The quantitative estimate of drug-likeness (QED) is 0.546. The minimum absolute atomic E-state index is 0.622. The third-order valence-corrected chi connectivity index (χ3v) is 2.07. The largest absolute Gasteiger partial charge is 0.450 e. The Balaban J connectivity index is 4.12. The molecule has 0 spiro atoms. The van der Waals surface area contributed by atoms with E-state index in [1.54, 1.807) is 9.47 Å². The molecule has 0 bridgehead atoms. The van der Waals surface area contributed by atoms with Crippen LogP contribution >= 0.6 is 9.47 Å². The summed E-state index contributed by atoms with van der Waals surface area (Å²) in [5.74, 6) is -1.93. The molecule has 4 atom stereocenters. The van der Waals surface area contributed by atoms with Gasteiger partial charge in [-0.2, -0.15) is 0 Å². The van der Waals surface area contributed by atoms with Crippen molar-refractivity contribution in [3.63, 3.8) is 0 Å². The van der Waals surface area contributed by atoms with Crippen molar-refractivity contribution in [3.8, 4) is 0 Å². The van der Waals surface area contributed by atoms with Crippen LogP contribution in [0.3, 0.4) is 0 Å². The van der Waals surface area contributed by atoms with Crippen molar-refractivity contribution < 1.29 is 24.0 Å². The van der Waals surface area contributed by atoms with Gasteiger partial charge in [0.25, 0.3) is 0 Å². The first kappa shape index (κ1) is 13.3. The van der Waals surface area contributed by atoms with Gasteiger partial charge in [0, 0.05) is 0 Å². The van der Waals surface area contributed by atoms with E-state index in [-0.39, 0.29) is 0 Å². The first-order valence-corrected chi connectivity index (χ1v) is 4.66. The predicted molar refractivity (Wildman–Crippen MR) is 52.2 cm³/mol. The Morgan fingerprint density at radius 2 is 1.71 bits per heavy atom. The number of hydrogen-bond acceptors (Lipinski definition) is 5. The number of carbonyl (C=O) groups excluding carboxylic acids is 2. The summed E-state index contributed by atoms with van der Waals surface area (Å²) in [6.45, 7) is 4.40. The highest BCUT2D eigenvalue weighted by molar-refractivity contribution is 7.10. The Morgan fingerprint density at radius 1 is 1.21 bits per heavy atom. The highest BCUT2D eigenvalue weighted by atomic mass is 31.0. The molecule has 6 heteroatoms. The lowest BCUT2D eigenvalue weighted by Gasteiger charge is -2.16. The third kappa shape index (κ3) is 4.03. The monoisotopic (exact) mass is 222 g/mol. The summed E-state index contributed by atoms with van der Waals surface area (Å²) < 4.78 is 9.03. The van der Waals surface area contributed by atoms with Crippen LogP contribution in [0.25, 0.3) is 0 Å². The first-order chi connectivity index (χ1) is 6.40. The third-order valence-electron chi connectivity index (χ3n) is 1.84. The fraction of sp³-hybridized carbons (Fsp3) is 0.750. The molecule has 0 rings (SSSR count). The van der Waals surface area contributed by atoms with E-state index in [4.69, 9.17) is 9.84 Å². The van der Waals surface area contributed by atoms with Crippen molar-refractivity contribution in [2.24, 2.45) is 5.92 Å². The Kier molecular flexibility index (Phi) is 5.65. The Bertz CT molecular complexity index is 216. The zero-order chi connectivity index (χ0) is 11.3. The maximum absolute atomic E-state index is 11.2. The summed E-state index contributed by atoms with van der Waals surface area (Å²) in [6, 6.07) is 0. The molecule has 5 nitrogen and oxygen atoms in total. The van der Waals surface area contributed by atoms with Crippen LogP contribution in [0.1, 0.15) is 20.8 Å². The van der Waals surface area contributed by atoms with Gasteiger partial charge in [0.1, 0.15) is 0 Å². The minimum Gasteiger partial charge on any atom is -0.450 e. The summed E-state index contributed by atoms with van der Waals surface area (Å²) in [4.78, 5) is 22.1. The van der Waals surface area contributed by atoms with Crippen molar-refractivity contribution in [1.82, 2.24) is 0 Å². The second-order valence-corrected chi connectivity index (χ2v) is 3.28. The minimum atomic E-state index is -0.957. The molecule has 0 heterocycles. The standard InChI is InChI=1S/C8H15O5P/c1-4(5(2)9)7(10)12-6(3)8(11)13-14/h4-6,9H,14H2,1-3H3/t4-,5-,6+/m1/s1. The van der Waals surface area contributed by atoms with E-state index in [0.29, 0.717) is 0 Å². The molecule has 1 unspecified atom stereocenters. The van der Waals surface area contributed by atoms with Gasteiger partial charge in [-0.05, 0) is 20.8 Å². The maximum Gasteiger partial charge on any atom is 0.349 e. The van der Waals surface area contributed by atoms with Crippen molar-refractivity contribution in [1.29, 1.82) is 0 Å². The van der Waals surface area contributed by atoms with Crippen LogP contribution < -0.4 is 0 Å². The van der Waals surface area contributed by atoms with Gasteiger partial charge in [-0.15, -0.1) is 0 Å². The van der Waals surface area contributed by atoms with E-state index in [0.717, 1.165) is 0 Å². The highest BCUT2D eigenvalue weighted by Crippen LogP contribution is 2.08. The number of esters is 1. The molecule has 0 radical (unpaired) electrons. The SMILES string of the molecule is C[C@H](OC(=O)[C@H](C)[C@@H](C)O)C(=O)OP. The number of ether oxygens (including phenoxy) is 1. The molecule has 14 heavy (non-hydrogen) atoms. The van der Waals surface area contributed by atoms with Crippen molar-refractivity contribution >= 4 is 21.4 Å². The Morgan fingerprint density at radius 3 is 2.07 bits per heavy atom. The van der Waals surface area contributed by atoms with E-state index in [1.807, 2.05) is 0 Å². The van der Waals surface area contributed by atoms with Crippen molar-refractivity contribution in [2.75, 3.05) is 0 Å². The summed E-state index contributed by atoms with van der Waals surface area (Å²) in [5.41, 5.74) is 0. The van der Waals surface area contributed by atoms with Gasteiger partial charge in [-0.1, -0.05) is 0 Å². The molecule has 0 aliphatic carbocycles. The zero-order valence-electron chi connectivity index (χ0n) is 8.39. The van der Waals surface area contributed by atoms with E-state index in [1.165, 1.54) is 20.8 Å². The summed E-state index contributed by atoms with van der Waals surface area (Å²) in [7, 11) is 1.78. The van der Waals surface area contributed by atoms with Crippen LogP contribution in [0.4, 0.5) is 0 Å². The van der Waals surface area contributed by atoms with Gasteiger partial charge in [0.2, 0.25) is 0 Å². The number of hydrogen-bond donors (Lipinski definition) is 1. The van der Waals surface area contributed by atoms with Gasteiger partial charge < -0.3 is 14.4 Å². The van der Waals surface area contributed by atoms with Crippen LogP contribution in [-0.4, -0.2) is 29.3 Å². The molecule has 0 fully saturated rings. The van der Waals surface area contributed by atoms with E-state index < -0.39 is 30.1 Å². The van der Waals surface area contributed by atoms with Crippen LogP contribution in [-0.2, 0) is 18.8 Å². The molecule has 82 valence electrons. The molecule has 1 N–H and O–H groups in total. The fourth-order valence-corrected chi connectivity index (χ4v) is 0.814. The van der Waals surface area contributed by atoms with Crippen LogP contribution in [0, 0.1) is 5.92 Å². The van der Waals surface area contributed by atoms with Gasteiger partial charge in [-0.3, -0.25) is 4.79 Å². The summed E-state index contributed by atoms with van der Waals surface area (Å²) in [5, 5.41) is 9.08. The lowest BCUT2D eigenvalue weighted by Crippen LogP contribution is -2.31. The van der Waals surface area contributed by atoms with Gasteiger partial charge in [-0.25, -0.2) is 4.79 Å². The smallest absolute Gasteiger partial charge is 0.349 e. The molecule has 0 saturated carbocycles. The second-order valence-electron chi connectivity index (χ2n) is 3.05. The van der Waals surface area contributed by atoms with Crippen molar-refractivity contribution in [2.45, 2.75) is 33.0 Å². The maximum atomic E-state index is 11.2. The molecule has 0 aromatic heterocycles. The molecule has 0 amide bonds. The number of carbonyl (C=O) groups is 2. The molecule has 0 aromatic rings. The first-order valence-electron chi connectivity index (χ1n) is 4.19. The van der Waals surface area contributed by atoms with Gasteiger partial charge in [0.15, 0.2) is 6.10 Å². The van der Waals surface area contributed by atoms with Crippen LogP contribution in [0.2, 0.25) is 0 Å². The second kappa shape index (κ2) is 5.94. The van der Waals surface area contributed by atoms with E-state index in [2.05, 4.69) is 4.52 Å². The number of rotatable bonds is 4. The Labute approximate surface area is 85.1 Å². The van der Waals surface area contributed by atoms with E-state index in [9.17, 15) is 9.59 Å². The summed E-state index contributed by atoms with van der Waals surface area (Å²) in [6.07, 6.45) is -1.76.